The first-order valence-corrected chi connectivity index (χ1v) is 23.8. The van der Waals surface area contributed by atoms with Crippen molar-refractivity contribution in [1.29, 1.82) is 0 Å². The lowest BCUT2D eigenvalue weighted by Gasteiger charge is -2.71. The molecule has 0 spiro atoms. The SMILES string of the molecule is CC(C)=CCCC(C)(O[C@@H]1O[C@H](CO[C@@H]2OC[C@H](O)[C@H](O)[C@H]2O)[C@@H](O)[C@H](O)[C@H]1O)[C@H]1CCC2(C)[C@@H]1[C@H](O)C[C@@H]1C3(C)CC[C@H](O[C@@H]4O[C@H](CO)[C@@H](O)[C@H](O)[C@H]4O)C(C)(C)[C@@H]3CCC12C. The van der Waals surface area contributed by atoms with Gasteiger partial charge in [-0.2, -0.15) is 0 Å². The van der Waals surface area contributed by atoms with Gasteiger partial charge in [-0.05, 0) is 124 Å². The third-order valence-electron chi connectivity index (χ3n) is 18.4. The molecule has 17 nitrogen and oxygen atoms in total. The van der Waals surface area contributed by atoms with Crippen molar-refractivity contribution in [2.75, 3.05) is 19.8 Å². The highest BCUT2D eigenvalue weighted by Crippen LogP contribution is 2.76. The van der Waals surface area contributed by atoms with Crippen LogP contribution in [0.25, 0.3) is 0 Å². The molecule has 0 aromatic rings. The normalized spacial score (nSPS) is 52.5. The molecule has 4 saturated carbocycles. The maximum Gasteiger partial charge on any atom is 0.187 e. The van der Waals surface area contributed by atoms with Crippen molar-refractivity contribution in [3.63, 3.8) is 0 Å². The van der Waals surface area contributed by atoms with Crippen LogP contribution in [0.15, 0.2) is 11.6 Å². The molecule has 370 valence electrons. The van der Waals surface area contributed by atoms with Crippen LogP contribution in [0.5, 0.6) is 0 Å². The van der Waals surface area contributed by atoms with Crippen molar-refractivity contribution in [2.24, 2.45) is 45.3 Å². The minimum Gasteiger partial charge on any atom is -0.394 e. The molecular formula is C47H80O17. The zero-order valence-electron chi connectivity index (χ0n) is 39.0. The van der Waals surface area contributed by atoms with Crippen LogP contribution in [0.2, 0.25) is 0 Å². The van der Waals surface area contributed by atoms with E-state index in [9.17, 15) is 56.2 Å². The maximum atomic E-state index is 12.7. The number of hydrogen-bond donors (Lipinski definition) is 11. The molecule has 64 heavy (non-hydrogen) atoms. The zero-order chi connectivity index (χ0) is 47.1. The fourth-order valence-electron chi connectivity index (χ4n) is 14.5. The second-order valence-electron chi connectivity index (χ2n) is 22.5. The van der Waals surface area contributed by atoms with E-state index in [2.05, 4.69) is 40.7 Å². The molecule has 4 unspecified atom stereocenters. The van der Waals surface area contributed by atoms with E-state index in [0.717, 1.165) is 37.7 Å². The average Bonchev–Trinajstić information content (AvgIpc) is 3.62. The predicted molar refractivity (Wildman–Crippen MR) is 228 cm³/mol. The topological polar surface area (TPSA) is 278 Å². The molecule has 11 N–H and O–H groups in total. The van der Waals surface area contributed by atoms with Gasteiger partial charge in [0.2, 0.25) is 0 Å². The molecule has 7 rings (SSSR count). The third-order valence-corrected chi connectivity index (χ3v) is 18.4. The summed E-state index contributed by atoms with van der Waals surface area (Å²) in [6, 6.07) is 0. The van der Waals surface area contributed by atoms with Crippen LogP contribution < -0.4 is 0 Å². The first-order chi connectivity index (χ1) is 29.9. The van der Waals surface area contributed by atoms with Crippen LogP contribution in [0.4, 0.5) is 0 Å². The molecule has 0 radical (unpaired) electrons. The van der Waals surface area contributed by atoms with Crippen molar-refractivity contribution in [2.45, 2.75) is 217 Å². The molecule has 0 bridgehead atoms. The van der Waals surface area contributed by atoms with Gasteiger partial charge in [0, 0.05) is 0 Å². The van der Waals surface area contributed by atoms with Crippen LogP contribution in [-0.4, -0.2) is 180 Å². The second kappa shape index (κ2) is 18.8. The lowest BCUT2D eigenvalue weighted by atomic mass is 9.35. The minimum atomic E-state index is -1.68. The Morgan fingerprint density at radius 1 is 0.672 bits per heavy atom. The molecule has 7 fully saturated rings. The van der Waals surface area contributed by atoms with E-state index < -0.39 is 116 Å². The standard InChI is InChI=1S/C47H80O17/c1-22(2)10-9-14-47(8,64-42-39(58)36(55)34(53)27(62-42)21-60-40-37(56)32(51)25(50)20-59-40)23-11-16-46(7)31(23)24(49)18-29-44(5)15-13-30(43(3,4)28(44)12-17-45(29,46)6)63-41-38(57)35(54)33(52)26(19-48)61-41/h10,23-42,48-58H,9,11-21H2,1-8H3/t23-,24+,25-,26+,27+,28-,29+,30-,31-,32-,33+,34+,35-,36-,37+,38+,39+,40-,41-,42-,44?,45?,46?,47?/m0/s1. The van der Waals surface area contributed by atoms with Gasteiger partial charge in [0.25, 0.3) is 0 Å². The molecule has 3 heterocycles. The highest BCUT2D eigenvalue weighted by atomic mass is 16.7. The molecule has 17 heteroatoms. The van der Waals surface area contributed by atoms with Crippen molar-refractivity contribution < 1.29 is 84.6 Å². The molecule has 7 aliphatic rings. The van der Waals surface area contributed by atoms with Gasteiger partial charge in [0.1, 0.15) is 67.1 Å². The minimum absolute atomic E-state index is 0.149. The van der Waals surface area contributed by atoms with E-state index in [-0.39, 0.29) is 52.6 Å². The van der Waals surface area contributed by atoms with E-state index in [1.54, 1.807) is 0 Å². The van der Waals surface area contributed by atoms with Crippen molar-refractivity contribution in [1.82, 2.24) is 0 Å². The molecule has 3 saturated heterocycles. The van der Waals surface area contributed by atoms with Crippen LogP contribution >= 0.6 is 0 Å². The zero-order valence-corrected chi connectivity index (χ0v) is 39.0. The second-order valence-corrected chi connectivity index (χ2v) is 22.5. The summed E-state index contributed by atoms with van der Waals surface area (Å²) < 4.78 is 36.5. The number of hydrogen-bond acceptors (Lipinski definition) is 17. The predicted octanol–water partition coefficient (Wildman–Crippen LogP) is 0.612. The Bertz CT molecular complexity index is 1630. The monoisotopic (exact) mass is 917 g/mol. The number of aliphatic hydroxyl groups is 11. The van der Waals surface area contributed by atoms with Gasteiger partial charge < -0.3 is 84.6 Å². The van der Waals surface area contributed by atoms with Crippen molar-refractivity contribution in [3.8, 4) is 0 Å². The number of rotatable bonds is 12. The molecule has 0 aromatic carbocycles. The Balaban J connectivity index is 1.11. The van der Waals surface area contributed by atoms with E-state index >= 15 is 0 Å². The van der Waals surface area contributed by atoms with Gasteiger partial charge in [-0.1, -0.05) is 46.3 Å². The Morgan fingerprint density at radius 3 is 1.94 bits per heavy atom. The number of fused-ring (bicyclic) bond motifs is 5. The first kappa shape index (κ1) is 50.9. The van der Waals surface area contributed by atoms with Crippen LogP contribution in [-0.2, 0) is 28.4 Å². The lowest BCUT2D eigenvalue weighted by molar-refractivity contribution is -0.346. The maximum absolute atomic E-state index is 12.7. The van der Waals surface area contributed by atoms with E-state index in [0.29, 0.717) is 25.7 Å². The summed E-state index contributed by atoms with van der Waals surface area (Å²) in [6.07, 6.45) is -12.4. The molecule has 0 aromatic heterocycles. The summed E-state index contributed by atoms with van der Waals surface area (Å²) in [7, 11) is 0. The Kier molecular flexibility index (Phi) is 14.9. The summed E-state index contributed by atoms with van der Waals surface area (Å²) in [5.74, 6) is -0.0478. The van der Waals surface area contributed by atoms with Gasteiger partial charge in [-0.15, -0.1) is 0 Å². The highest BCUT2D eigenvalue weighted by Gasteiger charge is 2.72. The third kappa shape index (κ3) is 8.60. The fraction of sp³-hybridized carbons (Fsp3) is 0.957. The van der Waals surface area contributed by atoms with Crippen molar-refractivity contribution >= 4 is 0 Å². The fourth-order valence-corrected chi connectivity index (χ4v) is 14.5. The molecule has 4 aliphatic carbocycles. The van der Waals surface area contributed by atoms with Crippen LogP contribution in [0.1, 0.15) is 113 Å². The largest absolute Gasteiger partial charge is 0.394 e. The number of ether oxygens (including phenoxy) is 6. The van der Waals surface area contributed by atoms with Gasteiger partial charge in [0.05, 0.1) is 37.6 Å². The van der Waals surface area contributed by atoms with E-state index in [4.69, 9.17) is 28.4 Å². The summed E-state index contributed by atoms with van der Waals surface area (Å²) in [6.45, 7) is 16.3. The van der Waals surface area contributed by atoms with Gasteiger partial charge in [0.15, 0.2) is 18.9 Å². The van der Waals surface area contributed by atoms with E-state index in [1.807, 2.05) is 20.8 Å². The Morgan fingerprint density at radius 2 is 1.28 bits per heavy atom. The summed E-state index contributed by atoms with van der Waals surface area (Å²) >= 11 is 0. The van der Waals surface area contributed by atoms with E-state index in [1.165, 1.54) is 0 Å². The summed E-state index contributed by atoms with van der Waals surface area (Å²) in [5.41, 5.74) is -0.948. The lowest BCUT2D eigenvalue weighted by Crippen LogP contribution is -2.67. The van der Waals surface area contributed by atoms with Gasteiger partial charge in [-0.3, -0.25) is 0 Å². The Hall–Kier alpha value is -0.940. The highest BCUT2D eigenvalue weighted by molar-refractivity contribution is 5.20. The smallest absolute Gasteiger partial charge is 0.187 e. The number of allylic oxidation sites excluding steroid dienone is 2. The summed E-state index contributed by atoms with van der Waals surface area (Å²) in [5, 5.41) is 118. The molecule has 24 atom stereocenters. The molecular weight excluding hydrogens is 836 g/mol. The quantitative estimate of drug-likeness (QED) is 0.0946. The molecule has 3 aliphatic heterocycles. The molecule has 0 amide bonds. The number of aliphatic hydroxyl groups excluding tert-OH is 11. The van der Waals surface area contributed by atoms with Crippen LogP contribution in [0.3, 0.4) is 0 Å². The average molecular weight is 917 g/mol. The van der Waals surface area contributed by atoms with Gasteiger partial charge in [-0.25, -0.2) is 0 Å². The van der Waals surface area contributed by atoms with Crippen molar-refractivity contribution in [3.05, 3.63) is 11.6 Å². The van der Waals surface area contributed by atoms with Crippen LogP contribution in [0, 0.1) is 45.3 Å². The van der Waals surface area contributed by atoms with Gasteiger partial charge >= 0.3 is 0 Å². The Labute approximate surface area is 377 Å². The first-order valence-electron chi connectivity index (χ1n) is 23.8. The summed E-state index contributed by atoms with van der Waals surface area (Å²) in [4.78, 5) is 0.